The number of rotatable bonds is 4. The van der Waals surface area contributed by atoms with E-state index in [0.717, 1.165) is 18.1 Å². The van der Waals surface area contributed by atoms with Crippen molar-refractivity contribution in [2.45, 2.75) is 13.3 Å². The average molecular weight is 310 g/mol. The van der Waals surface area contributed by atoms with Gasteiger partial charge in [0.15, 0.2) is 0 Å². The molecule has 0 spiro atoms. The Morgan fingerprint density at radius 1 is 1.14 bits per heavy atom. The predicted octanol–water partition coefficient (Wildman–Crippen LogP) is 4.31. The number of anilines is 1. The summed E-state index contributed by atoms with van der Waals surface area (Å²) in [6.45, 7) is 1.48. The number of halogens is 3. The van der Waals surface area contributed by atoms with Crippen molar-refractivity contribution in [2.24, 2.45) is 0 Å². The molecule has 5 heteroatoms. The lowest BCUT2D eigenvalue weighted by molar-refractivity contribution is 0.101. The monoisotopic (exact) mass is 309 g/mol. The predicted molar refractivity (Wildman–Crippen MR) is 79.9 cm³/mol. The summed E-state index contributed by atoms with van der Waals surface area (Å²) in [6, 6.07) is 9.33. The quantitative estimate of drug-likeness (QED) is 0.838. The molecule has 110 valence electrons. The zero-order valence-electron chi connectivity index (χ0n) is 11.4. The first-order valence-electron chi connectivity index (χ1n) is 6.43. The number of nitrogens with one attached hydrogen (secondary N) is 1. The molecule has 2 aromatic rings. The van der Waals surface area contributed by atoms with Crippen LogP contribution >= 0.6 is 11.6 Å². The maximum Gasteiger partial charge on any atom is 0.261 e. The molecule has 0 fully saturated rings. The third-order valence-corrected chi connectivity index (χ3v) is 3.30. The molecular weight excluding hydrogens is 296 g/mol. The number of carbonyl (C=O) groups is 1. The minimum absolute atomic E-state index is 0.221. The Bertz CT molecular complexity index is 656. The first-order chi connectivity index (χ1) is 10.0. The van der Waals surface area contributed by atoms with Gasteiger partial charge in [-0.25, -0.2) is 8.78 Å². The zero-order valence-corrected chi connectivity index (χ0v) is 12.2. The van der Waals surface area contributed by atoms with Gasteiger partial charge in [0.2, 0.25) is 0 Å². The van der Waals surface area contributed by atoms with Gasteiger partial charge in [-0.05, 0) is 42.7 Å². The van der Waals surface area contributed by atoms with E-state index in [9.17, 15) is 13.6 Å². The van der Waals surface area contributed by atoms with Crippen molar-refractivity contribution in [3.8, 4) is 0 Å². The van der Waals surface area contributed by atoms with Crippen LogP contribution in [0, 0.1) is 18.6 Å². The number of alkyl halides is 1. The van der Waals surface area contributed by atoms with Gasteiger partial charge in [-0.3, -0.25) is 4.79 Å². The number of hydrogen-bond donors (Lipinski definition) is 1. The zero-order chi connectivity index (χ0) is 15.4. The molecule has 2 rings (SSSR count). The standard InChI is InChI=1S/C16H14ClF2NO/c1-10-2-7-13(18)14(15(10)19)16(21)20-12-5-3-11(4-6-12)8-9-17/h2-7H,8-9H2,1H3,(H,20,21). The number of carbonyl (C=O) groups excluding carboxylic acids is 1. The van der Waals surface area contributed by atoms with Crippen molar-refractivity contribution in [3.05, 3.63) is 64.7 Å². The lowest BCUT2D eigenvalue weighted by Crippen LogP contribution is -2.16. The van der Waals surface area contributed by atoms with Gasteiger partial charge in [-0.15, -0.1) is 11.6 Å². The molecule has 0 aromatic heterocycles. The first kappa shape index (κ1) is 15.4. The molecule has 0 aliphatic heterocycles. The molecule has 2 aromatic carbocycles. The summed E-state index contributed by atoms with van der Waals surface area (Å²) in [6.07, 6.45) is 0.719. The SMILES string of the molecule is Cc1ccc(F)c(C(=O)Nc2ccc(CCCl)cc2)c1F. The van der Waals surface area contributed by atoms with Crippen molar-refractivity contribution in [1.29, 1.82) is 0 Å². The third-order valence-electron chi connectivity index (χ3n) is 3.11. The molecule has 0 atom stereocenters. The summed E-state index contributed by atoms with van der Waals surface area (Å²) in [7, 11) is 0. The van der Waals surface area contributed by atoms with Gasteiger partial charge in [0.25, 0.3) is 5.91 Å². The second kappa shape index (κ2) is 6.68. The van der Waals surface area contributed by atoms with Crippen LogP contribution < -0.4 is 5.32 Å². The molecule has 0 aliphatic carbocycles. The molecule has 1 N–H and O–H groups in total. The molecule has 0 saturated carbocycles. The summed E-state index contributed by atoms with van der Waals surface area (Å²) in [5.41, 5.74) is 1.15. The molecule has 0 radical (unpaired) electrons. The molecular formula is C16H14ClF2NO. The fraction of sp³-hybridized carbons (Fsp3) is 0.188. The van der Waals surface area contributed by atoms with E-state index in [2.05, 4.69) is 5.32 Å². The number of hydrogen-bond acceptors (Lipinski definition) is 1. The largest absolute Gasteiger partial charge is 0.322 e. The minimum atomic E-state index is -0.880. The van der Waals surface area contributed by atoms with E-state index < -0.39 is 23.1 Å². The Morgan fingerprint density at radius 3 is 2.43 bits per heavy atom. The van der Waals surface area contributed by atoms with Crippen LogP contribution in [0.4, 0.5) is 14.5 Å². The normalized spacial score (nSPS) is 10.5. The van der Waals surface area contributed by atoms with E-state index in [0.29, 0.717) is 11.6 Å². The van der Waals surface area contributed by atoms with Crippen LogP contribution in [0.5, 0.6) is 0 Å². The van der Waals surface area contributed by atoms with Crippen molar-refractivity contribution in [3.63, 3.8) is 0 Å². The van der Waals surface area contributed by atoms with Crippen molar-refractivity contribution in [1.82, 2.24) is 0 Å². The smallest absolute Gasteiger partial charge is 0.261 e. The van der Waals surface area contributed by atoms with Crippen LogP contribution in [0.25, 0.3) is 0 Å². The molecule has 0 aliphatic rings. The lowest BCUT2D eigenvalue weighted by atomic mass is 10.1. The second-order valence-electron chi connectivity index (χ2n) is 4.64. The van der Waals surface area contributed by atoms with Gasteiger partial charge in [0.05, 0.1) is 0 Å². The molecule has 0 heterocycles. The first-order valence-corrected chi connectivity index (χ1v) is 6.97. The van der Waals surface area contributed by atoms with Gasteiger partial charge in [0.1, 0.15) is 17.2 Å². The maximum atomic E-state index is 13.9. The molecule has 21 heavy (non-hydrogen) atoms. The maximum absolute atomic E-state index is 13.9. The summed E-state index contributed by atoms with van der Waals surface area (Å²) in [4.78, 5) is 12.0. The van der Waals surface area contributed by atoms with E-state index >= 15 is 0 Å². The number of amides is 1. The molecule has 0 bridgehead atoms. The Balaban J connectivity index is 2.20. The van der Waals surface area contributed by atoms with Crippen molar-refractivity contribution in [2.75, 3.05) is 11.2 Å². The van der Waals surface area contributed by atoms with Gasteiger partial charge in [-0.2, -0.15) is 0 Å². The number of benzene rings is 2. The van der Waals surface area contributed by atoms with E-state index in [1.165, 1.54) is 13.0 Å². The third kappa shape index (κ3) is 3.58. The minimum Gasteiger partial charge on any atom is -0.322 e. The van der Waals surface area contributed by atoms with Crippen LogP contribution in [-0.4, -0.2) is 11.8 Å². The van der Waals surface area contributed by atoms with E-state index in [1.807, 2.05) is 0 Å². The average Bonchev–Trinajstić information content (AvgIpc) is 2.46. The van der Waals surface area contributed by atoms with Crippen LogP contribution in [0.15, 0.2) is 36.4 Å². The van der Waals surface area contributed by atoms with E-state index in [-0.39, 0.29) is 5.56 Å². The fourth-order valence-electron chi connectivity index (χ4n) is 1.92. The summed E-state index contributed by atoms with van der Waals surface area (Å²) < 4.78 is 27.5. The van der Waals surface area contributed by atoms with Crippen LogP contribution in [-0.2, 0) is 6.42 Å². The Kier molecular flexibility index (Phi) is 4.91. The second-order valence-corrected chi connectivity index (χ2v) is 5.02. The van der Waals surface area contributed by atoms with Gasteiger partial charge >= 0.3 is 0 Å². The molecule has 0 saturated heterocycles. The molecule has 0 unspecified atom stereocenters. The van der Waals surface area contributed by atoms with Crippen LogP contribution in [0.1, 0.15) is 21.5 Å². The highest BCUT2D eigenvalue weighted by Crippen LogP contribution is 2.18. The van der Waals surface area contributed by atoms with Crippen molar-refractivity contribution >= 4 is 23.2 Å². The summed E-state index contributed by atoms with van der Waals surface area (Å²) in [5.74, 6) is -2.02. The van der Waals surface area contributed by atoms with Gasteiger partial charge in [-0.1, -0.05) is 18.2 Å². The Morgan fingerprint density at radius 2 is 1.81 bits per heavy atom. The number of aryl methyl sites for hydroxylation is 2. The lowest BCUT2D eigenvalue weighted by Gasteiger charge is -2.09. The Hall–Kier alpha value is -1.94. The highest BCUT2D eigenvalue weighted by molar-refractivity contribution is 6.18. The summed E-state index contributed by atoms with van der Waals surface area (Å²) in [5, 5.41) is 2.48. The highest BCUT2D eigenvalue weighted by atomic mass is 35.5. The van der Waals surface area contributed by atoms with E-state index in [4.69, 9.17) is 11.6 Å². The van der Waals surface area contributed by atoms with E-state index in [1.54, 1.807) is 24.3 Å². The fourth-order valence-corrected chi connectivity index (χ4v) is 2.14. The summed E-state index contributed by atoms with van der Waals surface area (Å²) >= 11 is 5.64. The van der Waals surface area contributed by atoms with Crippen molar-refractivity contribution < 1.29 is 13.6 Å². The highest BCUT2D eigenvalue weighted by Gasteiger charge is 2.19. The topological polar surface area (TPSA) is 29.1 Å². The van der Waals surface area contributed by atoms with Gasteiger partial charge < -0.3 is 5.32 Å². The van der Waals surface area contributed by atoms with Crippen LogP contribution in [0.3, 0.4) is 0 Å². The Labute approximate surface area is 126 Å². The molecule has 1 amide bonds. The van der Waals surface area contributed by atoms with Gasteiger partial charge in [0, 0.05) is 11.6 Å². The van der Waals surface area contributed by atoms with Crippen LogP contribution in [0.2, 0.25) is 0 Å². The molecule has 2 nitrogen and oxygen atoms in total.